The van der Waals surface area contributed by atoms with Gasteiger partial charge in [-0.15, -0.1) is 0 Å². The van der Waals surface area contributed by atoms with E-state index in [4.69, 9.17) is 13.9 Å². The Kier molecular flexibility index (Phi) is 7.20. The molecule has 0 saturated carbocycles. The molecule has 9 heteroatoms. The number of hydrogen-bond acceptors (Lipinski definition) is 6. The lowest BCUT2D eigenvalue weighted by molar-refractivity contribution is -0.397. The summed E-state index contributed by atoms with van der Waals surface area (Å²) in [6.07, 6.45) is 3.08. The SMILES string of the molecule is CC1(C)OCC(CO[Si](c2ccccc2)(c2ccccc2)C(C)(C)C)(Cn2ccnc2[N+](=O)[O-])CO1. The molecule has 1 aromatic heterocycles. The van der Waals surface area contributed by atoms with E-state index in [2.05, 4.69) is 74.3 Å². The van der Waals surface area contributed by atoms with Crippen LogP contribution in [0.25, 0.3) is 0 Å². The normalized spacial score (nSPS) is 17.6. The maximum Gasteiger partial charge on any atom is 0.434 e. The van der Waals surface area contributed by atoms with E-state index in [1.54, 1.807) is 10.8 Å². The highest BCUT2D eigenvalue weighted by Crippen LogP contribution is 2.40. The van der Waals surface area contributed by atoms with Gasteiger partial charge in [0.15, 0.2) is 5.79 Å². The first-order valence-corrected chi connectivity index (χ1v) is 14.1. The van der Waals surface area contributed by atoms with Gasteiger partial charge in [0, 0.05) is 6.61 Å². The van der Waals surface area contributed by atoms with E-state index in [1.165, 1.54) is 16.6 Å². The lowest BCUT2D eigenvalue weighted by atomic mass is 9.89. The van der Waals surface area contributed by atoms with Crippen molar-refractivity contribution >= 4 is 24.6 Å². The maximum absolute atomic E-state index is 11.6. The largest absolute Gasteiger partial charge is 0.434 e. The highest BCUT2D eigenvalue weighted by atomic mass is 28.4. The zero-order valence-corrected chi connectivity index (χ0v) is 22.6. The van der Waals surface area contributed by atoms with Crippen molar-refractivity contribution < 1.29 is 18.8 Å². The van der Waals surface area contributed by atoms with Crippen molar-refractivity contribution in [3.05, 3.63) is 83.2 Å². The van der Waals surface area contributed by atoms with Crippen LogP contribution in [0.2, 0.25) is 5.04 Å². The molecule has 1 fully saturated rings. The fourth-order valence-electron chi connectivity index (χ4n) is 4.94. The van der Waals surface area contributed by atoms with Crippen LogP contribution in [0.5, 0.6) is 0 Å². The summed E-state index contributed by atoms with van der Waals surface area (Å²) in [5.41, 5.74) is -0.645. The highest BCUT2D eigenvalue weighted by molar-refractivity contribution is 6.99. The molecule has 8 nitrogen and oxygen atoms in total. The van der Waals surface area contributed by atoms with Crippen LogP contribution in [0.1, 0.15) is 34.6 Å². The molecule has 0 spiro atoms. The van der Waals surface area contributed by atoms with E-state index < -0.39 is 24.4 Å². The standard InChI is InChI=1S/C27H35N3O5Si/c1-25(2,3)36(22-12-8-6-9-13-22,23-14-10-7-11-15-23)35-21-27(19-33-26(4,5)34-20-27)18-29-17-16-28-24(29)30(31)32/h6-17H,18-21H2,1-5H3. The molecule has 1 aliphatic heterocycles. The van der Waals surface area contributed by atoms with Gasteiger partial charge in [0.2, 0.25) is 0 Å². The highest BCUT2D eigenvalue weighted by Gasteiger charge is 2.52. The topological polar surface area (TPSA) is 88.7 Å². The molecule has 1 aliphatic rings. The van der Waals surface area contributed by atoms with E-state index in [9.17, 15) is 10.1 Å². The molecule has 4 rings (SSSR count). The molecule has 192 valence electrons. The number of imidazole rings is 1. The molecule has 0 bridgehead atoms. The second-order valence-corrected chi connectivity index (χ2v) is 15.3. The molecule has 0 radical (unpaired) electrons. The third-order valence-electron chi connectivity index (χ3n) is 6.83. The average molecular weight is 510 g/mol. The van der Waals surface area contributed by atoms with E-state index in [1.807, 2.05) is 26.0 Å². The number of benzene rings is 2. The fourth-order valence-corrected chi connectivity index (χ4v) is 9.62. The first-order valence-electron chi connectivity index (χ1n) is 12.2. The Morgan fingerprint density at radius 3 is 2.03 bits per heavy atom. The van der Waals surface area contributed by atoms with Gasteiger partial charge in [-0.1, -0.05) is 86.4 Å². The van der Waals surface area contributed by atoms with Crippen molar-refractivity contribution in [3.8, 4) is 0 Å². The van der Waals surface area contributed by atoms with Crippen LogP contribution in [-0.2, 0) is 20.4 Å². The van der Waals surface area contributed by atoms with Gasteiger partial charge in [-0.05, 0) is 34.2 Å². The summed E-state index contributed by atoms with van der Waals surface area (Å²) in [7, 11) is -2.82. The second-order valence-electron chi connectivity index (χ2n) is 11.0. The van der Waals surface area contributed by atoms with Crippen LogP contribution in [0, 0.1) is 15.5 Å². The van der Waals surface area contributed by atoms with Crippen molar-refractivity contribution in [2.24, 2.45) is 5.41 Å². The molecule has 2 heterocycles. The molecule has 0 aliphatic carbocycles. The average Bonchev–Trinajstić information content (AvgIpc) is 3.30. The Morgan fingerprint density at radius 1 is 1.03 bits per heavy atom. The summed E-state index contributed by atoms with van der Waals surface area (Å²) in [6, 6.07) is 20.8. The van der Waals surface area contributed by atoms with E-state index in [0.717, 1.165) is 0 Å². The Labute approximate surface area is 213 Å². The minimum absolute atomic E-state index is 0.201. The number of nitro groups is 1. The smallest absolute Gasteiger partial charge is 0.407 e. The van der Waals surface area contributed by atoms with Crippen LogP contribution >= 0.6 is 0 Å². The summed E-state index contributed by atoms with van der Waals surface area (Å²) < 4.78 is 21.0. The molecule has 2 aromatic carbocycles. The van der Waals surface area contributed by atoms with Gasteiger partial charge in [0.05, 0.1) is 25.2 Å². The minimum atomic E-state index is -2.82. The zero-order chi connectivity index (χ0) is 26.0. The van der Waals surface area contributed by atoms with Gasteiger partial charge in [-0.3, -0.25) is 0 Å². The van der Waals surface area contributed by atoms with Crippen LogP contribution in [-0.4, -0.2) is 48.4 Å². The van der Waals surface area contributed by atoms with Gasteiger partial charge in [-0.2, -0.15) is 0 Å². The van der Waals surface area contributed by atoms with Gasteiger partial charge in [0.1, 0.15) is 12.4 Å². The minimum Gasteiger partial charge on any atom is -0.407 e. The van der Waals surface area contributed by atoms with Crippen LogP contribution in [0.15, 0.2) is 73.1 Å². The first kappa shape index (κ1) is 26.2. The van der Waals surface area contributed by atoms with Crippen LogP contribution in [0.3, 0.4) is 0 Å². The summed E-state index contributed by atoms with van der Waals surface area (Å²) in [5.74, 6) is -0.938. The lowest BCUT2D eigenvalue weighted by Crippen LogP contribution is -2.68. The Hall–Kier alpha value is -2.85. The zero-order valence-electron chi connectivity index (χ0n) is 21.6. The number of rotatable bonds is 8. The van der Waals surface area contributed by atoms with Gasteiger partial charge < -0.3 is 24.0 Å². The van der Waals surface area contributed by atoms with Crippen molar-refractivity contribution in [1.82, 2.24) is 9.55 Å². The maximum atomic E-state index is 11.6. The Bertz CT molecular complexity index is 1130. The third kappa shape index (κ3) is 5.15. The van der Waals surface area contributed by atoms with Crippen molar-refractivity contribution in [2.45, 2.75) is 52.0 Å². The molecule has 0 N–H and O–H groups in total. The van der Waals surface area contributed by atoms with Gasteiger partial charge in [0.25, 0.3) is 8.32 Å². The van der Waals surface area contributed by atoms with E-state index in [-0.39, 0.29) is 17.5 Å². The Balaban J connectivity index is 1.77. The monoisotopic (exact) mass is 509 g/mol. The van der Waals surface area contributed by atoms with Crippen molar-refractivity contribution in [1.29, 1.82) is 0 Å². The van der Waals surface area contributed by atoms with E-state index >= 15 is 0 Å². The number of nitrogens with zero attached hydrogens (tertiary/aromatic N) is 3. The number of hydrogen-bond donors (Lipinski definition) is 0. The predicted molar refractivity (Wildman–Crippen MR) is 141 cm³/mol. The van der Waals surface area contributed by atoms with E-state index in [0.29, 0.717) is 19.8 Å². The van der Waals surface area contributed by atoms with Crippen molar-refractivity contribution in [3.63, 3.8) is 0 Å². The van der Waals surface area contributed by atoms with Gasteiger partial charge in [-0.25, -0.2) is 4.57 Å². The third-order valence-corrected chi connectivity index (χ3v) is 11.8. The summed E-state index contributed by atoms with van der Waals surface area (Å²) in [5, 5.41) is 13.7. The molecule has 36 heavy (non-hydrogen) atoms. The van der Waals surface area contributed by atoms with Crippen molar-refractivity contribution in [2.75, 3.05) is 19.8 Å². The molecule has 0 amide bonds. The lowest BCUT2D eigenvalue weighted by Gasteiger charge is -2.47. The summed E-state index contributed by atoms with van der Waals surface area (Å²) in [4.78, 5) is 15.1. The molecule has 3 aromatic rings. The van der Waals surface area contributed by atoms with Crippen LogP contribution < -0.4 is 10.4 Å². The second kappa shape index (κ2) is 9.89. The summed E-state index contributed by atoms with van der Waals surface area (Å²) >= 11 is 0. The Morgan fingerprint density at radius 2 is 1.56 bits per heavy atom. The molecule has 0 unspecified atom stereocenters. The number of aromatic nitrogens is 2. The van der Waals surface area contributed by atoms with Crippen LogP contribution in [0.4, 0.5) is 5.95 Å². The quantitative estimate of drug-likeness (QED) is 0.258. The first-order chi connectivity index (χ1) is 17.0. The molecular formula is C27H35N3O5Si. The summed E-state index contributed by atoms with van der Waals surface area (Å²) in [6.45, 7) is 11.7. The molecular weight excluding hydrogens is 474 g/mol. The van der Waals surface area contributed by atoms with Gasteiger partial charge >= 0.3 is 5.95 Å². The predicted octanol–water partition coefficient (Wildman–Crippen LogP) is 4.14. The molecule has 1 saturated heterocycles. The number of ether oxygens (including phenoxy) is 2. The molecule has 0 atom stereocenters. The fraction of sp³-hybridized carbons (Fsp3) is 0.444.